The summed E-state index contributed by atoms with van der Waals surface area (Å²) < 4.78 is 9.83. The summed E-state index contributed by atoms with van der Waals surface area (Å²) in [5.41, 5.74) is 0. The van der Waals surface area contributed by atoms with Crippen LogP contribution in [0.5, 0.6) is 0 Å². The summed E-state index contributed by atoms with van der Waals surface area (Å²) in [5, 5.41) is 0. The number of ether oxygens (including phenoxy) is 2. The Kier molecular flexibility index (Phi) is 34.0. The van der Waals surface area contributed by atoms with Gasteiger partial charge in [-0.1, -0.05) is 155 Å². The third-order valence-electron chi connectivity index (χ3n) is 6.32. The lowest BCUT2D eigenvalue weighted by molar-refractivity contribution is -0.138. The van der Waals surface area contributed by atoms with E-state index >= 15 is 0 Å². The van der Waals surface area contributed by atoms with Gasteiger partial charge in [-0.3, -0.25) is 0 Å². The fourth-order valence-electron chi connectivity index (χ4n) is 4.00. The molecule has 0 fully saturated rings. The highest BCUT2D eigenvalue weighted by atomic mass is 16.5. The molecule has 0 amide bonds. The molecule has 0 aliphatic carbocycles. The molecule has 0 aliphatic heterocycles. The lowest BCUT2D eigenvalue weighted by atomic mass is 10.1. The second-order valence-electron chi connectivity index (χ2n) is 9.81. The molecule has 0 aliphatic rings. The van der Waals surface area contributed by atoms with E-state index in [4.69, 9.17) is 9.47 Å². The molecule has 0 bridgehead atoms. The predicted molar refractivity (Wildman–Crippen MR) is 155 cm³/mol. The molecule has 4 nitrogen and oxygen atoms in total. The maximum atomic E-state index is 10.8. The van der Waals surface area contributed by atoms with Gasteiger partial charge in [-0.2, -0.15) is 0 Å². The fourth-order valence-corrected chi connectivity index (χ4v) is 4.00. The van der Waals surface area contributed by atoms with Crippen LogP contribution in [-0.2, 0) is 19.1 Å². The van der Waals surface area contributed by atoms with Crippen LogP contribution in [0.15, 0.2) is 25.3 Å². The van der Waals surface area contributed by atoms with Crippen molar-refractivity contribution in [3.05, 3.63) is 25.3 Å². The molecule has 0 radical (unpaired) electrons. The predicted octanol–water partition coefficient (Wildman–Crippen LogP) is 10.1. The molecule has 36 heavy (non-hydrogen) atoms. The summed E-state index contributed by atoms with van der Waals surface area (Å²) in [4.78, 5) is 21.5. The van der Waals surface area contributed by atoms with Gasteiger partial charge >= 0.3 is 11.9 Å². The van der Waals surface area contributed by atoms with Crippen LogP contribution in [0.4, 0.5) is 0 Å². The van der Waals surface area contributed by atoms with Crippen LogP contribution in [0.3, 0.4) is 0 Å². The molecule has 0 unspecified atom stereocenters. The normalized spacial score (nSPS) is 10.3. The van der Waals surface area contributed by atoms with Crippen molar-refractivity contribution in [3.63, 3.8) is 0 Å². The van der Waals surface area contributed by atoms with E-state index in [0.717, 1.165) is 12.8 Å². The molecule has 0 heterocycles. The molecule has 0 atom stereocenters. The first-order valence-electron chi connectivity index (χ1n) is 15.2. The van der Waals surface area contributed by atoms with Gasteiger partial charge in [0.15, 0.2) is 0 Å². The number of rotatable bonds is 26. The van der Waals surface area contributed by atoms with Crippen molar-refractivity contribution in [2.24, 2.45) is 0 Å². The maximum Gasteiger partial charge on any atom is 0.330 e. The zero-order valence-electron chi connectivity index (χ0n) is 24.2. The van der Waals surface area contributed by atoms with E-state index in [9.17, 15) is 9.59 Å². The van der Waals surface area contributed by atoms with Gasteiger partial charge in [0.1, 0.15) is 0 Å². The molecule has 0 rings (SSSR count). The molecular weight excluding hydrogens is 448 g/mol. The third kappa shape index (κ3) is 34.6. The number of unbranched alkanes of at least 4 members (excludes halogenated alkanes) is 20. The van der Waals surface area contributed by atoms with Crippen LogP contribution < -0.4 is 0 Å². The lowest BCUT2D eigenvalue weighted by Crippen LogP contribution is -2.01. The Bertz CT molecular complexity index is 487. The van der Waals surface area contributed by atoms with Crippen molar-refractivity contribution in [2.45, 2.75) is 155 Å². The van der Waals surface area contributed by atoms with Gasteiger partial charge in [0.2, 0.25) is 0 Å². The summed E-state index contributed by atoms with van der Waals surface area (Å²) in [6, 6.07) is 0. The Hall–Kier alpha value is -1.58. The van der Waals surface area contributed by atoms with Gasteiger partial charge in [0, 0.05) is 12.2 Å². The molecule has 0 aromatic carbocycles. The van der Waals surface area contributed by atoms with Crippen LogP contribution in [0.25, 0.3) is 0 Å². The zero-order chi connectivity index (χ0) is 27.0. The van der Waals surface area contributed by atoms with E-state index < -0.39 is 0 Å². The number of hydrogen-bond acceptors (Lipinski definition) is 4. The largest absolute Gasteiger partial charge is 0.463 e. The van der Waals surface area contributed by atoms with Crippen molar-refractivity contribution in [1.82, 2.24) is 0 Å². The summed E-state index contributed by atoms with van der Waals surface area (Å²) in [6.45, 7) is 12.3. The van der Waals surface area contributed by atoms with E-state index in [1.807, 2.05) is 0 Å². The first-order chi connectivity index (χ1) is 17.6. The van der Waals surface area contributed by atoms with Crippen molar-refractivity contribution in [3.8, 4) is 0 Å². The molecule has 0 N–H and O–H groups in total. The molecule has 0 saturated carbocycles. The lowest BCUT2D eigenvalue weighted by Gasteiger charge is -2.03. The average Bonchev–Trinajstić information content (AvgIpc) is 2.89. The van der Waals surface area contributed by atoms with Crippen LogP contribution in [0.2, 0.25) is 0 Å². The second-order valence-corrected chi connectivity index (χ2v) is 9.81. The highest BCUT2D eigenvalue weighted by Gasteiger charge is 1.97. The standard InChI is InChI=1S/C17H32O2.C15H28O2/c1-3-5-6-7-8-9-10-11-12-13-14-15-16-19-17(18)4-2;1-3-5-6-7-8-9-10-11-12-13-14-17-15(16)4-2/h4H,2-3,5-16H2,1H3;4H,2-3,5-14H2,1H3. The minimum Gasteiger partial charge on any atom is -0.463 e. The van der Waals surface area contributed by atoms with Crippen molar-refractivity contribution in [2.75, 3.05) is 13.2 Å². The van der Waals surface area contributed by atoms with Crippen LogP contribution in [0.1, 0.15) is 155 Å². The molecule has 0 aromatic rings. The van der Waals surface area contributed by atoms with Gasteiger partial charge in [0.25, 0.3) is 0 Å². The average molecular weight is 509 g/mol. The van der Waals surface area contributed by atoms with E-state index in [2.05, 4.69) is 27.0 Å². The van der Waals surface area contributed by atoms with Crippen LogP contribution in [0, 0.1) is 0 Å². The summed E-state index contributed by atoms with van der Waals surface area (Å²) in [7, 11) is 0. The quantitative estimate of drug-likeness (QED) is 0.0662. The third-order valence-corrected chi connectivity index (χ3v) is 6.32. The van der Waals surface area contributed by atoms with Gasteiger partial charge in [-0.25, -0.2) is 9.59 Å². The SMILES string of the molecule is C=CC(=O)OCCCCCCCCCCCC.C=CC(=O)OCCCCCCCCCCCCCC. The van der Waals surface area contributed by atoms with Gasteiger partial charge in [-0.05, 0) is 12.8 Å². The number of esters is 2. The van der Waals surface area contributed by atoms with Crippen molar-refractivity contribution in [1.29, 1.82) is 0 Å². The molecule has 0 saturated heterocycles. The Morgan fingerprint density at radius 1 is 0.444 bits per heavy atom. The zero-order valence-corrected chi connectivity index (χ0v) is 24.2. The minimum atomic E-state index is -0.305. The smallest absolute Gasteiger partial charge is 0.330 e. The number of carbonyl (C=O) groups is 2. The van der Waals surface area contributed by atoms with Crippen molar-refractivity contribution >= 4 is 11.9 Å². The molecule has 4 heteroatoms. The van der Waals surface area contributed by atoms with E-state index in [1.165, 1.54) is 141 Å². The minimum absolute atomic E-state index is 0.303. The van der Waals surface area contributed by atoms with Gasteiger partial charge in [0.05, 0.1) is 13.2 Å². The summed E-state index contributed by atoms with van der Waals surface area (Å²) >= 11 is 0. The highest BCUT2D eigenvalue weighted by molar-refractivity contribution is 5.81. The maximum absolute atomic E-state index is 10.8. The Morgan fingerprint density at radius 3 is 0.889 bits per heavy atom. The van der Waals surface area contributed by atoms with Crippen molar-refractivity contribution < 1.29 is 19.1 Å². The second kappa shape index (κ2) is 33.4. The summed E-state index contributed by atoms with van der Waals surface area (Å²) in [6.07, 6.45) is 31.3. The van der Waals surface area contributed by atoms with Gasteiger partial charge in [-0.15, -0.1) is 0 Å². The fraction of sp³-hybridized carbons (Fsp3) is 0.812. The van der Waals surface area contributed by atoms with E-state index in [0.29, 0.717) is 13.2 Å². The monoisotopic (exact) mass is 508 g/mol. The molecule has 212 valence electrons. The number of hydrogen-bond donors (Lipinski definition) is 0. The van der Waals surface area contributed by atoms with Crippen LogP contribution >= 0.6 is 0 Å². The Labute approximate surface area is 224 Å². The number of carbonyl (C=O) groups excluding carboxylic acids is 2. The summed E-state index contributed by atoms with van der Waals surface area (Å²) in [5.74, 6) is -0.607. The molecule has 0 aromatic heterocycles. The van der Waals surface area contributed by atoms with E-state index in [1.54, 1.807) is 0 Å². The van der Waals surface area contributed by atoms with Gasteiger partial charge < -0.3 is 9.47 Å². The Morgan fingerprint density at radius 2 is 0.667 bits per heavy atom. The molecule has 0 spiro atoms. The first-order valence-corrected chi connectivity index (χ1v) is 15.2. The molecular formula is C32H60O4. The van der Waals surface area contributed by atoms with E-state index in [-0.39, 0.29) is 11.9 Å². The Balaban J connectivity index is 0. The van der Waals surface area contributed by atoms with Crippen LogP contribution in [-0.4, -0.2) is 25.2 Å². The highest BCUT2D eigenvalue weighted by Crippen LogP contribution is 2.12. The first kappa shape index (κ1) is 36.6. The topological polar surface area (TPSA) is 52.6 Å².